The van der Waals surface area contributed by atoms with Gasteiger partial charge in [-0.2, -0.15) is 10.1 Å². The molecular weight excluding hydrogens is 344 g/mol. The second-order valence-corrected chi connectivity index (χ2v) is 6.14. The first-order valence-corrected chi connectivity index (χ1v) is 8.05. The summed E-state index contributed by atoms with van der Waals surface area (Å²) in [5.74, 6) is -0.744. The minimum absolute atomic E-state index is 0.0611. The van der Waals surface area contributed by atoms with Crippen molar-refractivity contribution in [2.24, 2.45) is 7.05 Å². The van der Waals surface area contributed by atoms with Gasteiger partial charge in [-0.15, -0.1) is 0 Å². The van der Waals surface area contributed by atoms with Gasteiger partial charge in [-0.1, -0.05) is 11.2 Å². The fraction of sp³-hybridized carbons (Fsp3) is 0.294. The SMILES string of the molecule is Cn1cc(C(=O)N[C@@H]2CCc3cc(-c4nc(C(F)F)no4)ccc32)cn1. The van der Waals surface area contributed by atoms with Crippen LogP contribution in [0.15, 0.2) is 35.1 Å². The van der Waals surface area contributed by atoms with Crippen LogP contribution in [0, 0.1) is 0 Å². The summed E-state index contributed by atoms with van der Waals surface area (Å²) in [6.07, 6.45) is 1.93. The van der Waals surface area contributed by atoms with Gasteiger partial charge in [0.15, 0.2) is 0 Å². The van der Waals surface area contributed by atoms with E-state index in [1.807, 2.05) is 12.1 Å². The monoisotopic (exact) mass is 359 g/mol. The number of nitrogens with one attached hydrogen (secondary N) is 1. The maximum atomic E-state index is 12.6. The molecule has 2 aromatic heterocycles. The summed E-state index contributed by atoms with van der Waals surface area (Å²) in [5, 5.41) is 10.3. The van der Waals surface area contributed by atoms with Crippen LogP contribution in [0.25, 0.3) is 11.5 Å². The number of hydrogen-bond donors (Lipinski definition) is 1. The molecular formula is C17H15F2N5O2. The Bertz CT molecular complexity index is 966. The van der Waals surface area contributed by atoms with E-state index >= 15 is 0 Å². The molecule has 0 fully saturated rings. The van der Waals surface area contributed by atoms with E-state index in [1.165, 1.54) is 6.20 Å². The lowest BCUT2D eigenvalue weighted by atomic mass is 10.0. The molecule has 0 saturated heterocycles. The van der Waals surface area contributed by atoms with E-state index in [1.54, 1.807) is 24.0 Å². The Morgan fingerprint density at radius 3 is 2.96 bits per heavy atom. The summed E-state index contributed by atoms with van der Waals surface area (Å²) in [7, 11) is 1.75. The second kappa shape index (κ2) is 6.32. The predicted molar refractivity (Wildman–Crippen MR) is 86.4 cm³/mol. The number of carbonyl (C=O) groups excluding carboxylic acids is 1. The summed E-state index contributed by atoms with van der Waals surface area (Å²) in [6, 6.07) is 5.33. The Labute approximate surface area is 147 Å². The van der Waals surface area contributed by atoms with Crippen LogP contribution in [-0.2, 0) is 13.5 Å². The van der Waals surface area contributed by atoms with Gasteiger partial charge in [0, 0.05) is 18.8 Å². The Morgan fingerprint density at radius 1 is 1.42 bits per heavy atom. The standard InChI is InChI=1S/C17H15F2N5O2/c1-24-8-11(7-20-24)16(25)21-13-5-3-9-6-10(2-4-12(9)13)17-22-15(14(18)19)23-26-17/h2,4,6-8,13-14H,3,5H2,1H3,(H,21,25)/t13-/m1/s1. The second-order valence-electron chi connectivity index (χ2n) is 6.14. The Morgan fingerprint density at radius 2 is 2.27 bits per heavy atom. The van der Waals surface area contributed by atoms with Crippen LogP contribution >= 0.6 is 0 Å². The highest BCUT2D eigenvalue weighted by Crippen LogP contribution is 2.34. The fourth-order valence-corrected chi connectivity index (χ4v) is 3.12. The van der Waals surface area contributed by atoms with Crippen LogP contribution in [0.2, 0.25) is 0 Å². The van der Waals surface area contributed by atoms with Crippen molar-refractivity contribution in [3.8, 4) is 11.5 Å². The average Bonchev–Trinajstić information content (AvgIpc) is 3.34. The Hall–Kier alpha value is -3.10. The maximum absolute atomic E-state index is 12.6. The van der Waals surface area contributed by atoms with Crippen molar-refractivity contribution in [3.05, 3.63) is 53.1 Å². The first-order chi connectivity index (χ1) is 12.5. The van der Waals surface area contributed by atoms with Crippen molar-refractivity contribution in [2.75, 3.05) is 0 Å². The number of halogens is 2. The molecule has 26 heavy (non-hydrogen) atoms. The average molecular weight is 359 g/mol. The Kier molecular flexibility index (Phi) is 3.98. The number of aromatic nitrogens is 4. The highest BCUT2D eigenvalue weighted by molar-refractivity contribution is 5.94. The van der Waals surface area contributed by atoms with Gasteiger partial charge in [0.25, 0.3) is 11.8 Å². The lowest BCUT2D eigenvalue weighted by molar-refractivity contribution is 0.0936. The number of benzene rings is 1. The molecule has 2 heterocycles. The molecule has 0 bridgehead atoms. The van der Waals surface area contributed by atoms with E-state index in [4.69, 9.17) is 4.52 Å². The third-order valence-corrected chi connectivity index (χ3v) is 4.38. The van der Waals surface area contributed by atoms with Gasteiger partial charge < -0.3 is 9.84 Å². The highest BCUT2D eigenvalue weighted by atomic mass is 19.3. The van der Waals surface area contributed by atoms with Gasteiger partial charge in [-0.05, 0) is 36.1 Å². The molecule has 0 saturated carbocycles. The molecule has 1 atom stereocenters. The van der Waals surface area contributed by atoms with Crippen molar-refractivity contribution < 1.29 is 18.1 Å². The normalized spacial score (nSPS) is 16.1. The third kappa shape index (κ3) is 2.96. The first-order valence-electron chi connectivity index (χ1n) is 8.05. The molecule has 1 aliphatic carbocycles. The minimum atomic E-state index is -2.77. The van der Waals surface area contributed by atoms with Crippen molar-refractivity contribution in [3.63, 3.8) is 0 Å². The van der Waals surface area contributed by atoms with E-state index in [9.17, 15) is 13.6 Å². The van der Waals surface area contributed by atoms with Crippen molar-refractivity contribution in [2.45, 2.75) is 25.3 Å². The van der Waals surface area contributed by atoms with Crippen LogP contribution in [-0.4, -0.2) is 25.8 Å². The minimum Gasteiger partial charge on any atom is -0.345 e. The number of alkyl halides is 2. The molecule has 1 amide bonds. The molecule has 3 aromatic rings. The molecule has 9 heteroatoms. The molecule has 0 spiro atoms. The molecule has 134 valence electrons. The number of rotatable bonds is 4. The fourth-order valence-electron chi connectivity index (χ4n) is 3.12. The van der Waals surface area contributed by atoms with Crippen LogP contribution in [0.5, 0.6) is 0 Å². The molecule has 0 unspecified atom stereocenters. The van der Waals surface area contributed by atoms with Crippen molar-refractivity contribution in [1.29, 1.82) is 0 Å². The number of fused-ring (bicyclic) bond motifs is 1. The smallest absolute Gasteiger partial charge is 0.300 e. The first kappa shape index (κ1) is 16.4. The lowest BCUT2D eigenvalue weighted by Gasteiger charge is -2.13. The van der Waals surface area contributed by atoms with E-state index in [-0.39, 0.29) is 17.8 Å². The van der Waals surface area contributed by atoms with Gasteiger partial charge in [0.1, 0.15) is 0 Å². The van der Waals surface area contributed by atoms with Crippen molar-refractivity contribution in [1.82, 2.24) is 25.2 Å². The summed E-state index contributed by atoms with van der Waals surface area (Å²) < 4.78 is 31.7. The molecule has 7 nitrogen and oxygen atoms in total. The van der Waals surface area contributed by atoms with E-state index in [0.717, 1.165) is 24.0 Å². The van der Waals surface area contributed by atoms with Crippen molar-refractivity contribution >= 4 is 5.91 Å². The summed E-state index contributed by atoms with van der Waals surface area (Å²) in [5.41, 5.74) is 3.11. The topological polar surface area (TPSA) is 85.8 Å². The molecule has 0 radical (unpaired) electrons. The van der Waals surface area contributed by atoms with Crippen LogP contribution in [0.1, 0.15) is 46.2 Å². The Balaban J connectivity index is 1.53. The van der Waals surface area contributed by atoms with Gasteiger partial charge >= 0.3 is 6.43 Å². The number of carbonyl (C=O) groups is 1. The molecule has 0 aliphatic heterocycles. The molecule has 1 aliphatic rings. The number of amides is 1. The molecule has 1 N–H and O–H groups in total. The van der Waals surface area contributed by atoms with Crippen LogP contribution < -0.4 is 5.32 Å². The van der Waals surface area contributed by atoms with E-state index < -0.39 is 12.2 Å². The quantitative estimate of drug-likeness (QED) is 0.774. The maximum Gasteiger partial charge on any atom is 0.300 e. The summed E-state index contributed by atoms with van der Waals surface area (Å²) >= 11 is 0. The zero-order chi connectivity index (χ0) is 18.3. The summed E-state index contributed by atoms with van der Waals surface area (Å²) in [4.78, 5) is 16.0. The number of nitrogens with zero attached hydrogens (tertiary/aromatic N) is 4. The third-order valence-electron chi connectivity index (χ3n) is 4.38. The number of hydrogen-bond acceptors (Lipinski definition) is 5. The summed E-state index contributed by atoms with van der Waals surface area (Å²) in [6.45, 7) is 0. The van der Waals surface area contributed by atoms with E-state index in [2.05, 4.69) is 20.6 Å². The predicted octanol–water partition coefficient (Wildman–Crippen LogP) is 2.83. The van der Waals surface area contributed by atoms with Crippen LogP contribution in [0.4, 0.5) is 8.78 Å². The molecule has 4 rings (SSSR count). The zero-order valence-corrected chi connectivity index (χ0v) is 13.8. The molecule has 1 aromatic carbocycles. The van der Waals surface area contributed by atoms with Gasteiger partial charge in [-0.3, -0.25) is 9.48 Å². The zero-order valence-electron chi connectivity index (χ0n) is 13.8. The van der Waals surface area contributed by atoms with E-state index in [0.29, 0.717) is 11.1 Å². The van der Waals surface area contributed by atoms with Gasteiger partial charge in [0.05, 0.1) is 17.8 Å². The van der Waals surface area contributed by atoms with Crippen LogP contribution in [0.3, 0.4) is 0 Å². The largest absolute Gasteiger partial charge is 0.345 e. The highest BCUT2D eigenvalue weighted by Gasteiger charge is 2.26. The van der Waals surface area contributed by atoms with Gasteiger partial charge in [-0.25, -0.2) is 8.78 Å². The lowest BCUT2D eigenvalue weighted by Crippen LogP contribution is -2.26. The number of aryl methyl sites for hydroxylation is 2. The van der Waals surface area contributed by atoms with Gasteiger partial charge in [0.2, 0.25) is 5.82 Å².